The number of phosphoric acid groups is 1. The molecule has 2 unspecified atom stereocenters. The normalized spacial score (nSPS) is 14.4. The summed E-state index contributed by atoms with van der Waals surface area (Å²) in [4.78, 5) is 24.5. The fourth-order valence-corrected chi connectivity index (χ4v) is 4.91. The molecule has 41 heavy (non-hydrogen) atoms. The predicted molar refractivity (Wildman–Crippen MR) is 167 cm³/mol. The minimum absolute atomic E-state index is 0.0266. The molecule has 0 saturated heterocycles. The van der Waals surface area contributed by atoms with E-state index in [2.05, 4.69) is 26.0 Å². The van der Waals surface area contributed by atoms with Crippen LogP contribution in [0.1, 0.15) is 129 Å². The van der Waals surface area contributed by atoms with Gasteiger partial charge in [-0.05, 0) is 38.5 Å². The van der Waals surface area contributed by atoms with E-state index in [1.165, 1.54) is 64.2 Å². The molecule has 8 nitrogen and oxygen atoms in total. The van der Waals surface area contributed by atoms with Crippen LogP contribution >= 0.6 is 7.82 Å². The summed E-state index contributed by atoms with van der Waals surface area (Å²) >= 11 is 0. The van der Waals surface area contributed by atoms with Crippen LogP contribution in [0.2, 0.25) is 0 Å². The summed E-state index contributed by atoms with van der Waals surface area (Å²) in [6, 6.07) is 0. The number of ether oxygens (including phenoxy) is 2. The van der Waals surface area contributed by atoms with E-state index in [1.54, 1.807) is 0 Å². The highest BCUT2D eigenvalue weighted by Crippen LogP contribution is 2.38. The van der Waals surface area contributed by atoms with E-state index in [0.29, 0.717) is 24.1 Å². The van der Waals surface area contributed by atoms with Crippen LogP contribution in [-0.2, 0) is 27.9 Å². The maximum Gasteiger partial charge on any atom is 0.306 e. The lowest BCUT2D eigenvalue weighted by Gasteiger charge is -2.28. The van der Waals surface area contributed by atoms with Gasteiger partial charge in [-0.2, -0.15) is 0 Å². The van der Waals surface area contributed by atoms with E-state index >= 15 is 0 Å². The molecule has 9 heteroatoms. The van der Waals surface area contributed by atoms with Crippen LogP contribution in [0, 0.1) is 0 Å². The second-order valence-electron chi connectivity index (χ2n) is 12.2. The minimum Gasteiger partial charge on any atom is -0.756 e. The van der Waals surface area contributed by atoms with Gasteiger partial charge in [-0.1, -0.05) is 96.6 Å². The molecule has 0 saturated carbocycles. The molecule has 0 aromatic carbocycles. The van der Waals surface area contributed by atoms with Gasteiger partial charge in [-0.3, -0.25) is 9.36 Å². The van der Waals surface area contributed by atoms with Gasteiger partial charge in [-0.25, -0.2) is 0 Å². The lowest BCUT2D eigenvalue weighted by molar-refractivity contribution is -0.870. The number of phosphoric ester groups is 1. The number of allylic oxidation sites excluding steroid dienone is 2. The number of carbonyl (C=O) groups excluding carboxylic acids is 1. The highest BCUT2D eigenvalue weighted by atomic mass is 31.2. The van der Waals surface area contributed by atoms with E-state index in [-0.39, 0.29) is 25.8 Å². The summed E-state index contributed by atoms with van der Waals surface area (Å²) in [6.45, 7) is 5.28. The van der Waals surface area contributed by atoms with Gasteiger partial charge in [0.15, 0.2) is 0 Å². The summed E-state index contributed by atoms with van der Waals surface area (Å²) < 4.78 is 34.1. The number of unbranched alkanes of at least 4 members (excludes halogenated alkanes) is 14. The average molecular weight is 606 g/mol. The third-order valence-electron chi connectivity index (χ3n) is 6.82. The maximum atomic E-state index is 12.3. The molecule has 0 rings (SSSR count). The number of carbonyl (C=O) groups is 1. The van der Waals surface area contributed by atoms with Crippen molar-refractivity contribution in [1.29, 1.82) is 0 Å². The van der Waals surface area contributed by atoms with Gasteiger partial charge in [0.25, 0.3) is 7.82 Å². The van der Waals surface area contributed by atoms with Crippen molar-refractivity contribution in [2.75, 3.05) is 54.1 Å². The third kappa shape index (κ3) is 30.5. The molecule has 0 heterocycles. The number of hydrogen-bond donors (Lipinski definition) is 0. The largest absolute Gasteiger partial charge is 0.756 e. The van der Waals surface area contributed by atoms with Gasteiger partial charge in [-0.15, -0.1) is 0 Å². The van der Waals surface area contributed by atoms with Crippen LogP contribution in [0.3, 0.4) is 0 Å². The lowest BCUT2D eigenvalue weighted by atomic mass is 10.1. The van der Waals surface area contributed by atoms with Crippen molar-refractivity contribution in [2.45, 2.75) is 136 Å². The van der Waals surface area contributed by atoms with E-state index in [4.69, 9.17) is 18.5 Å². The first-order valence-electron chi connectivity index (χ1n) is 16.4. The highest BCUT2D eigenvalue weighted by Gasteiger charge is 2.20. The van der Waals surface area contributed by atoms with Crippen LogP contribution in [0.15, 0.2) is 12.2 Å². The molecule has 0 aliphatic rings. The van der Waals surface area contributed by atoms with E-state index in [9.17, 15) is 14.3 Å². The van der Waals surface area contributed by atoms with Crippen molar-refractivity contribution in [1.82, 2.24) is 0 Å². The van der Waals surface area contributed by atoms with Gasteiger partial charge >= 0.3 is 5.97 Å². The number of nitrogens with zero attached hydrogens (tertiary/aromatic N) is 1. The summed E-state index contributed by atoms with van der Waals surface area (Å²) in [5, 5.41) is 0. The Bertz CT molecular complexity index is 681. The van der Waals surface area contributed by atoms with Crippen molar-refractivity contribution < 1.29 is 37.3 Å². The molecule has 0 amide bonds. The van der Waals surface area contributed by atoms with Gasteiger partial charge in [0.1, 0.15) is 19.3 Å². The molecular weight excluding hydrogens is 541 g/mol. The Morgan fingerprint density at radius 1 is 0.732 bits per heavy atom. The zero-order valence-corrected chi connectivity index (χ0v) is 28.1. The zero-order chi connectivity index (χ0) is 30.7. The highest BCUT2D eigenvalue weighted by molar-refractivity contribution is 7.45. The standard InChI is InChI=1S/C32H64NO7P/c1-6-8-10-12-13-14-15-16-17-18-19-20-22-24-27-37-29-31(40-32(34)25-23-21-11-9-7-2)30-39-41(35,36)38-28-26-33(3,4)5/h14-15,31H,6-13,16-30H2,1-5H3/b15-14-. The van der Waals surface area contributed by atoms with Gasteiger partial charge in [0.05, 0.1) is 34.4 Å². The molecule has 0 bridgehead atoms. The van der Waals surface area contributed by atoms with E-state index < -0.39 is 13.9 Å². The van der Waals surface area contributed by atoms with Gasteiger partial charge in [0, 0.05) is 13.0 Å². The number of likely N-dealkylation sites (N-methyl/N-ethyl adjacent to an activating group) is 1. The first-order valence-corrected chi connectivity index (χ1v) is 17.9. The van der Waals surface area contributed by atoms with Gasteiger partial charge < -0.3 is 27.9 Å². The molecule has 2 atom stereocenters. The summed E-state index contributed by atoms with van der Waals surface area (Å²) in [6.07, 6.45) is 23.9. The Hall–Kier alpha value is -0.760. The Morgan fingerprint density at radius 3 is 1.88 bits per heavy atom. The quantitative estimate of drug-likeness (QED) is 0.0272. The molecule has 0 radical (unpaired) electrons. The molecule has 0 aromatic rings. The van der Waals surface area contributed by atoms with Crippen molar-refractivity contribution in [3.63, 3.8) is 0 Å². The van der Waals surface area contributed by atoms with Crippen molar-refractivity contribution >= 4 is 13.8 Å². The molecule has 0 fully saturated rings. The third-order valence-corrected chi connectivity index (χ3v) is 7.78. The van der Waals surface area contributed by atoms with Crippen LogP contribution in [0.25, 0.3) is 0 Å². The topological polar surface area (TPSA) is 94.1 Å². The van der Waals surface area contributed by atoms with Crippen LogP contribution in [0.4, 0.5) is 0 Å². The summed E-state index contributed by atoms with van der Waals surface area (Å²) in [5.74, 6) is -0.350. The second-order valence-corrected chi connectivity index (χ2v) is 13.6. The predicted octanol–water partition coefficient (Wildman–Crippen LogP) is 7.74. The molecule has 244 valence electrons. The average Bonchev–Trinajstić information content (AvgIpc) is 2.90. The Morgan fingerprint density at radius 2 is 1.27 bits per heavy atom. The first-order chi connectivity index (χ1) is 19.6. The number of esters is 1. The number of quaternary nitrogens is 1. The SMILES string of the molecule is CCCCCC/C=C\CCCCCCCCOCC(COP(=O)([O-])OCC[N+](C)(C)C)OC(=O)CCCCCCC. The maximum absolute atomic E-state index is 12.3. The first kappa shape index (κ1) is 40.2. The Kier molecular flexibility index (Phi) is 26.3. The number of rotatable bonds is 30. The Balaban J connectivity index is 4.23. The fourth-order valence-electron chi connectivity index (χ4n) is 4.18. The minimum atomic E-state index is -4.50. The van der Waals surface area contributed by atoms with Crippen LogP contribution in [0.5, 0.6) is 0 Å². The fraction of sp³-hybridized carbons (Fsp3) is 0.906. The van der Waals surface area contributed by atoms with Crippen LogP contribution < -0.4 is 4.89 Å². The summed E-state index contributed by atoms with van der Waals surface area (Å²) in [5.41, 5.74) is 0. The van der Waals surface area contributed by atoms with Crippen molar-refractivity contribution in [3.05, 3.63) is 12.2 Å². The lowest BCUT2D eigenvalue weighted by Crippen LogP contribution is -2.37. The van der Waals surface area contributed by atoms with Gasteiger partial charge in [0.2, 0.25) is 0 Å². The molecule has 0 aliphatic carbocycles. The second kappa shape index (κ2) is 26.8. The monoisotopic (exact) mass is 605 g/mol. The molecule has 0 aromatic heterocycles. The van der Waals surface area contributed by atoms with E-state index in [1.807, 2.05) is 21.1 Å². The van der Waals surface area contributed by atoms with Crippen molar-refractivity contribution in [3.8, 4) is 0 Å². The molecule has 0 aliphatic heterocycles. The smallest absolute Gasteiger partial charge is 0.306 e. The Labute approximate surface area is 252 Å². The molecule has 0 spiro atoms. The zero-order valence-electron chi connectivity index (χ0n) is 27.2. The number of hydrogen-bond acceptors (Lipinski definition) is 7. The van der Waals surface area contributed by atoms with Crippen LogP contribution in [-0.4, -0.2) is 70.7 Å². The molecular formula is C32H64NO7P. The van der Waals surface area contributed by atoms with E-state index in [0.717, 1.165) is 44.9 Å². The molecule has 0 N–H and O–H groups in total. The van der Waals surface area contributed by atoms with Crippen molar-refractivity contribution in [2.24, 2.45) is 0 Å². The summed E-state index contributed by atoms with van der Waals surface area (Å²) in [7, 11) is 1.35.